The van der Waals surface area contributed by atoms with Gasteiger partial charge in [-0.15, -0.1) is 0 Å². The summed E-state index contributed by atoms with van der Waals surface area (Å²) in [5, 5.41) is 2.59. The standard InChI is InChI=1S/C18H12N.Li.H/c1-2-8-14(9-3-1)19-17-12-6-4-10-15(17)16-11-5-7-13-18(16)19;;/h1-2,4-13H;;. The first-order chi connectivity index (χ1) is 9.45. The fourth-order valence-corrected chi connectivity index (χ4v) is 2.72. The first kappa shape index (κ1) is 13.1. The van der Waals surface area contributed by atoms with Gasteiger partial charge in [0.25, 0.3) is 0 Å². The minimum Gasteiger partial charge on any atom is -0.309 e. The maximum Gasteiger partial charge on any atom is 0.0541 e. The smallest absolute Gasteiger partial charge is 0.0541 e. The van der Waals surface area contributed by atoms with E-state index >= 15 is 0 Å². The molecule has 91 valence electrons. The summed E-state index contributed by atoms with van der Waals surface area (Å²) in [5.74, 6) is 0. The summed E-state index contributed by atoms with van der Waals surface area (Å²) in [6, 6.07) is 28.3. The van der Waals surface area contributed by atoms with Crippen LogP contribution >= 0.6 is 0 Å². The Morgan fingerprint density at radius 2 is 1.30 bits per heavy atom. The molecule has 1 radical (unpaired) electrons. The van der Waals surface area contributed by atoms with Crippen molar-refractivity contribution < 1.29 is 0 Å². The molecule has 0 aliphatic heterocycles. The predicted octanol–water partition coefficient (Wildman–Crippen LogP) is 3.94. The van der Waals surface area contributed by atoms with Crippen LogP contribution in [0.25, 0.3) is 27.5 Å². The van der Waals surface area contributed by atoms with Gasteiger partial charge in [0.15, 0.2) is 0 Å². The van der Waals surface area contributed by atoms with Gasteiger partial charge in [0.1, 0.15) is 0 Å². The van der Waals surface area contributed by atoms with Gasteiger partial charge >= 0.3 is 18.9 Å². The molecule has 0 aliphatic carbocycles. The molecular weight excluding hydrogens is 237 g/mol. The quantitative estimate of drug-likeness (QED) is 0.451. The molecule has 0 fully saturated rings. The van der Waals surface area contributed by atoms with Crippen LogP contribution in [0.2, 0.25) is 0 Å². The van der Waals surface area contributed by atoms with Crippen LogP contribution in [0.4, 0.5) is 0 Å². The molecule has 0 amide bonds. The Labute approximate surface area is 130 Å². The zero-order chi connectivity index (χ0) is 12.7. The molecule has 3 aromatic carbocycles. The van der Waals surface area contributed by atoms with E-state index in [0.29, 0.717) is 0 Å². The summed E-state index contributed by atoms with van der Waals surface area (Å²) in [6.45, 7) is 0. The molecule has 4 aromatic rings. The SMILES string of the molecule is [LiH].[c]1cccc(-n2c3ccccc3c3ccccc32)c1. The molecule has 4 rings (SSSR count). The fourth-order valence-electron chi connectivity index (χ4n) is 2.72. The van der Waals surface area contributed by atoms with Crippen molar-refractivity contribution in [2.75, 3.05) is 0 Å². The maximum absolute atomic E-state index is 3.16. The van der Waals surface area contributed by atoms with E-state index in [1.807, 2.05) is 18.2 Å². The Kier molecular flexibility index (Phi) is 3.40. The Hall–Kier alpha value is -1.94. The Morgan fingerprint density at radius 3 is 1.85 bits per heavy atom. The summed E-state index contributed by atoms with van der Waals surface area (Å²) < 4.78 is 2.29. The molecule has 2 heteroatoms. The van der Waals surface area contributed by atoms with E-state index < -0.39 is 0 Å². The van der Waals surface area contributed by atoms with E-state index in [-0.39, 0.29) is 18.9 Å². The molecule has 20 heavy (non-hydrogen) atoms. The second-order valence-electron chi connectivity index (χ2n) is 4.63. The second kappa shape index (κ2) is 5.21. The van der Waals surface area contributed by atoms with E-state index in [0.717, 1.165) is 5.69 Å². The normalized spacial score (nSPS) is 10.6. The number of hydrogen-bond donors (Lipinski definition) is 0. The van der Waals surface area contributed by atoms with Crippen LogP contribution in [0.15, 0.2) is 72.8 Å². The molecule has 0 bridgehead atoms. The molecule has 0 saturated heterocycles. The summed E-state index contributed by atoms with van der Waals surface area (Å²) >= 11 is 0. The van der Waals surface area contributed by atoms with Gasteiger partial charge in [-0.1, -0.05) is 48.5 Å². The van der Waals surface area contributed by atoms with Crippen molar-refractivity contribution in [1.82, 2.24) is 4.57 Å². The van der Waals surface area contributed by atoms with E-state index in [4.69, 9.17) is 0 Å². The molecule has 0 N–H and O–H groups in total. The Bertz CT molecular complexity index is 809. The summed E-state index contributed by atoms with van der Waals surface area (Å²) in [7, 11) is 0. The fraction of sp³-hybridized carbons (Fsp3) is 0. The third-order valence-corrected chi connectivity index (χ3v) is 3.53. The van der Waals surface area contributed by atoms with Gasteiger partial charge in [0, 0.05) is 16.5 Å². The van der Waals surface area contributed by atoms with Gasteiger partial charge in [-0.2, -0.15) is 0 Å². The number of benzene rings is 3. The van der Waals surface area contributed by atoms with Crippen LogP contribution in [0.1, 0.15) is 0 Å². The monoisotopic (exact) mass is 250 g/mol. The first-order valence-corrected chi connectivity index (χ1v) is 6.40. The van der Waals surface area contributed by atoms with Crippen LogP contribution < -0.4 is 0 Å². The number of para-hydroxylation sites is 2. The summed E-state index contributed by atoms with van der Waals surface area (Å²) in [4.78, 5) is 0. The Morgan fingerprint density at radius 1 is 0.700 bits per heavy atom. The predicted molar refractivity (Wildman–Crippen MR) is 86.8 cm³/mol. The molecule has 0 aliphatic rings. The van der Waals surface area contributed by atoms with Crippen molar-refractivity contribution in [3.8, 4) is 5.69 Å². The third-order valence-electron chi connectivity index (χ3n) is 3.53. The van der Waals surface area contributed by atoms with Crippen LogP contribution in [-0.2, 0) is 0 Å². The minimum atomic E-state index is 0. The van der Waals surface area contributed by atoms with Crippen LogP contribution in [0.3, 0.4) is 0 Å². The van der Waals surface area contributed by atoms with Crippen LogP contribution in [-0.4, -0.2) is 23.4 Å². The molecular formula is C18H13LiN. The second-order valence-corrected chi connectivity index (χ2v) is 4.63. The molecule has 0 saturated carbocycles. The molecule has 1 heterocycles. The number of hydrogen-bond acceptors (Lipinski definition) is 0. The largest absolute Gasteiger partial charge is 0.309 e. The number of fused-ring (bicyclic) bond motifs is 3. The van der Waals surface area contributed by atoms with Crippen molar-refractivity contribution in [1.29, 1.82) is 0 Å². The molecule has 0 spiro atoms. The molecule has 1 nitrogen and oxygen atoms in total. The number of rotatable bonds is 1. The van der Waals surface area contributed by atoms with Gasteiger partial charge in [0.2, 0.25) is 0 Å². The van der Waals surface area contributed by atoms with Crippen molar-refractivity contribution in [2.45, 2.75) is 0 Å². The third kappa shape index (κ3) is 1.88. The topological polar surface area (TPSA) is 4.93 Å². The molecule has 0 atom stereocenters. The van der Waals surface area contributed by atoms with Gasteiger partial charge in [-0.3, -0.25) is 0 Å². The average Bonchev–Trinajstić information content (AvgIpc) is 2.83. The van der Waals surface area contributed by atoms with Crippen LogP contribution in [0.5, 0.6) is 0 Å². The average molecular weight is 250 g/mol. The number of aromatic nitrogens is 1. The summed E-state index contributed by atoms with van der Waals surface area (Å²) in [6.07, 6.45) is 0. The first-order valence-electron chi connectivity index (χ1n) is 6.40. The van der Waals surface area contributed by atoms with E-state index in [2.05, 4.69) is 65.2 Å². The van der Waals surface area contributed by atoms with Gasteiger partial charge in [0.05, 0.1) is 11.0 Å². The van der Waals surface area contributed by atoms with Crippen molar-refractivity contribution in [2.24, 2.45) is 0 Å². The van der Waals surface area contributed by atoms with Gasteiger partial charge < -0.3 is 4.57 Å². The van der Waals surface area contributed by atoms with Crippen molar-refractivity contribution in [3.05, 3.63) is 78.9 Å². The zero-order valence-corrected chi connectivity index (χ0v) is 10.4. The van der Waals surface area contributed by atoms with Crippen molar-refractivity contribution in [3.63, 3.8) is 0 Å². The maximum atomic E-state index is 3.16. The van der Waals surface area contributed by atoms with E-state index in [1.54, 1.807) is 0 Å². The van der Waals surface area contributed by atoms with Gasteiger partial charge in [-0.25, -0.2) is 0 Å². The van der Waals surface area contributed by atoms with Gasteiger partial charge in [-0.05, 0) is 30.3 Å². The van der Waals surface area contributed by atoms with E-state index in [1.165, 1.54) is 21.8 Å². The van der Waals surface area contributed by atoms with E-state index in [9.17, 15) is 0 Å². The number of nitrogens with zero attached hydrogens (tertiary/aromatic N) is 1. The molecule has 0 unspecified atom stereocenters. The zero-order valence-electron chi connectivity index (χ0n) is 10.4. The summed E-state index contributed by atoms with van der Waals surface area (Å²) in [5.41, 5.74) is 3.63. The minimum absolute atomic E-state index is 0. The Balaban J connectivity index is 0.00000121. The van der Waals surface area contributed by atoms with Crippen molar-refractivity contribution >= 4 is 40.7 Å². The van der Waals surface area contributed by atoms with Crippen LogP contribution in [0, 0.1) is 6.07 Å². The molecule has 1 aromatic heterocycles.